The summed E-state index contributed by atoms with van der Waals surface area (Å²) >= 11 is 0. The highest BCUT2D eigenvalue weighted by Gasteiger charge is 2.24. The quantitative estimate of drug-likeness (QED) is 0.817. The van der Waals surface area contributed by atoms with Gasteiger partial charge in [-0.3, -0.25) is 0 Å². The predicted octanol–water partition coefficient (Wildman–Crippen LogP) is 5.01. The van der Waals surface area contributed by atoms with Gasteiger partial charge >= 0.3 is 0 Å². The molecule has 1 N–H and O–H groups in total. The minimum Gasteiger partial charge on any atom is -0.392 e. The summed E-state index contributed by atoms with van der Waals surface area (Å²) < 4.78 is 0. The van der Waals surface area contributed by atoms with Gasteiger partial charge in [-0.25, -0.2) is 0 Å². The average molecular weight is 282 g/mol. The van der Waals surface area contributed by atoms with Gasteiger partial charge in [0.05, 0.1) is 6.10 Å². The van der Waals surface area contributed by atoms with Crippen molar-refractivity contribution in [2.24, 2.45) is 5.41 Å². The maximum Gasteiger partial charge on any atom is 0.0649 e. The molecule has 0 bridgehead atoms. The van der Waals surface area contributed by atoms with Crippen molar-refractivity contribution in [2.75, 3.05) is 0 Å². The van der Waals surface area contributed by atoms with E-state index in [0.29, 0.717) is 0 Å². The average Bonchev–Trinajstić information content (AvgIpc) is 2.47. The van der Waals surface area contributed by atoms with E-state index in [-0.39, 0.29) is 17.4 Å². The summed E-state index contributed by atoms with van der Waals surface area (Å²) in [5, 5.41) is 10.8. The number of hydrogen-bond donors (Lipinski definition) is 1. The lowest BCUT2D eigenvalue weighted by Crippen LogP contribution is -2.22. The van der Waals surface area contributed by atoms with Crippen LogP contribution >= 0.6 is 0 Å². The maximum absolute atomic E-state index is 10.8. The highest BCUT2D eigenvalue weighted by molar-refractivity contribution is 5.33. The Kier molecular flexibility index (Phi) is 5.19. The Bertz CT molecular complexity index is 485. The highest BCUT2D eigenvalue weighted by Crippen LogP contribution is 2.32. The third-order valence-electron chi connectivity index (χ3n) is 3.89. The molecule has 2 aromatic rings. The van der Waals surface area contributed by atoms with Crippen molar-refractivity contribution in [3.05, 3.63) is 71.8 Å². The van der Waals surface area contributed by atoms with Crippen molar-refractivity contribution < 1.29 is 5.11 Å². The first-order valence-corrected chi connectivity index (χ1v) is 7.75. The Balaban J connectivity index is 2.25. The van der Waals surface area contributed by atoms with Crippen LogP contribution in [0.25, 0.3) is 0 Å². The first-order valence-electron chi connectivity index (χ1n) is 7.75. The van der Waals surface area contributed by atoms with Crippen molar-refractivity contribution >= 4 is 0 Å². The predicted molar refractivity (Wildman–Crippen MR) is 89.4 cm³/mol. The van der Waals surface area contributed by atoms with Crippen LogP contribution in [0.3, 0.4) is 0 Å². The number of aliphatic hydroxyl groups is 1. The molecule has 0 aliphatic carbocycles. The van der Waals surface area contributed by atoms with Crippen molar-refractivity contribution in [3.63, 3.8) is 0 Å². The largest absolute Gasteiger partial charge is 0.392 e. The van der Waals surface area contributed by atoms with Gasteiger partial charge in [0, 0.05) is 5.92 Å². The molecule has 1 heteroatoms. The molecule has 0 aliphatic heterocycles. The maximum atomic E-state index is 10.8. The van der Waals surface area contributed by atoms with E-state index >= 15 is 0 Å². The summed E-state index contributed by atoms with van der Waals surface area (Å²) in [5.74, 6) is 0.0507. The van der Waals surface area contributed by atoms with Gasteiger partial charge in [0.25, 0.3) is 0 Å². The molecule has 0 heterocycles. The van der Waals surface area contributed by atoms with Crippen LogP contribution in [0, 0.1) is 5.41 Å². The fourth-order valence-corrected chi connectivity index (χ4v) is 2.71. The Morgan fingerprint density at radius 1 is 0.810 bits per heavy atom. The summed E-state index contributed by atoms with van der Waals surface area (Å²) in [6.45, 7) is 6.67. The van der Waals surface area contributed by atoms with Crippen molar-refractivity contribution in [1.29, 1.82) is 0 Å². The van der Waals surface area contributed by atoms with Gasteiger partial charge in [0.2, 0.25) is 0 Å². The molecule has 2 rings (SSSR count). The fraction of sp³-hybridized carbons (Fsp3) is 0.400. The Morgan fingerprint density at radius 2 is 1.24 bits per heavy atom. The zero-order valence-electron chi connectivity index (χ0n) is 13.3. The molecule has 1 atom stereocenters. The molecule has 0 aromatic heterocycles. The lowest BCUT2D eigenvalue weighted by molar-refractivity contribution is 0.129. The molecular formula is C20H26O. The van der Waals surface area contributed by atoms with E-state index in [9.17, 15) is 5.11 Å². The van der Waals surface area contributed by atoms with E-state index in [2.05, 4.69) is 45.0 Å². The van der Waals surface area contributed by atoms with Crippen LogP contribution in [-0.4, -0.2) is 11.2 Å². The van der Waals surface area contributed by atoms with Gasteiger partial charge < -0.3 is 5.11 Å². The molecule has 112 valence electrons. The summed E-state index contributed by atoms with van der Waals surface area (Å²) in [4.78, 5) is 0. The van der Waals surface area contributed by atoms with Crippen LogP contribution in [-0.2, 0) is 0 Å². The van der Waals surface area contributed by atoms with E-state index in [0.717, 1.165) is 12.8 Å². The van der Waals surface area contributed by atoms with Crippen LogP contribution in [0.15, 0.2) is 60.7 Å². The van der Waals surface area contributed by atoms with Crippen LogP contribution in [0.2, 0.25) is 0 Å². The Morgan fingerprint density at radius 3 is 1.62 bits per heavy atom. The second-order valence-electron chi connectivity index (χ2n) is 6.97. The molecule has 21 heavy (non-hydrogen) atoms. The highest BCUT2D eigenvalue weighted by atomic mass is 16.3. The first-order chi connectivity index (χ1) is 9.97. The Labute approximate surface area is 128 Å². The van der Waals surface area contributed by atoms with Crippen LogP contribution in [0.5, 0.6) is 0 Å². The smallest absolute Gasteiger partial charge is 0.0649 e. The normalized spacial score (nSPS) is 13.4. The molecule has 0 radical (unpaired) electrons. The summed E-state index contributed by atoms with van der Waals surface area (Å²) in [6.07, 6.45) is 1.48. The molecule has 0 spiro atoms. The zero-order valence-corrected chi connectivity index (χ0v) is 13.3. The van der Waals surface area contributed by atoms with Gasteiger partial charge in [-0.15, -0.1) is 0 Å². The van der Waals surface area contributed by atoms with E-state index in [1.54, 1.807) is 0 Å². The summed E-state index contributed by atoms with van der Waals surface area (Å²) in [7, 11) is 0. The van der Waals surface area contributed by atoms with Crippen molar-refractivity contribution in [1.82, 2.24) is 0 Å². The molecule has 0 saturated carbocycles. The Hall–Kier alpha value is -1.60. The third-order valence-corrected chi connectivity index (χ3v) is 3.89. The molecule has 0 saturated heterocycles. The topological polar surface area (TPSA) is 20.2 Å². The number of benzene rings is 2. The lowest BCUT2D eigenvalue weighted by atomic mass is 9.81. The number of hydrogen-bond acceptors (Lipinski definition) is 1. The van der Waals surface area contributed by atoms with E-state index in [1.807, 2.05) is 36.4 Å². The van der Waals surface area contributed by atoms with Crippen molar-refractivity contribution in [3.8, 4) is 0 Å². The van der Waals surface area contributed by atoms with Crippen LogP contribution in [0.4, 0.5) is 0 Å². The summed E-state index contributed by atoms with van der Waals surface area (Å²) in [5.41, 5.74) is 2.62. The van der Waals surface area contributed by atoms with Gasteiger partial charge in [0.1, 0.15) is 0 Å². The minimum atomic E-state index is -0.353. The van der Waals surface area contributed by atoms with Crippen LogP contribution in [0.1, 0.15) is 50.7 Å². The molecule has 1 unspecified atom stereocenters. The fourth-order valence-electron chi connectivity index (χ4n) is 2.71. The zero-order chi connectivity index (χ0) is 15.3. The minimum absolute atomic E-state index is 0.0507. The third kappa shape index (κ3) is 4.71. The van der Waals surface area contributed by atoms with Crippen molar-refractivity contribution in [2.45, 2.75) is 45.6 Å². The standard InChI is InChI=1S/C20H26O/c1-20(2,3)15-14-18(21)19(16-10-6-4-7-11-16)17-12-8-5-9-13-17/h4-13,18-19,21H,14-15H2,1-3H3. The molecule has 1 nitrogen and oxygen atoms in total. The lowest BCUT2D eigenvalue weighted by Gasteiger charge is -2.27. The van der Waals surface area contributed by atoms with Gasteiger partial charge in [-0.05, 0) is 29.4 Å². The first kappa shape index (κ1) is 15.8. The second kappa shape index (κ2) is 6.91. The van der Waals surface area contributed by atoms with Crippen LogP contribution < -0.4 is 0 Å². The van der Waals surface area contributed by atoms with E-state index in [4.69, 9.17) is 0 Å². The summed E-state index contributed by atoms with van der Waals surface area (Å²) in [6, 6.07) is 20.7. The van der Waals surface area contributed by atoms with Gasteiger partial charge in [0.15, 0.2) is 0 Å². The molecule has 0 fully saturated rings. The second-order valence-corrected chi connectivity index (χ2v) is 6.97. The number of aliphatic hydroxyl groups excluding tert-OH is 1. The molecular weight excluding hydrogens is 256 g/mol. The van der Waals surface area contributed by atoms with Gasteiger partial charge in [-0.1, -0.05) is 81.4 Å². The SMILES string of the molecule is CC(C)(C)CCC(O)C(c1ccccc1)c1ccccc1. The molecule has 0 amide bonds. The monoisotopic (exact) mass is 282 g/mol. The van der Waals surface area contributed by atoms with E-state index < -0.39 is 0 Å². The number of rotatable bonds is 5. The van der Waals surface area contributed by atoms with Gasteiger partial charge in [-0.2, -0.15) is 0 Å². The molecule has 2 aromatic carbocycles. The van der Waals surface area contributed by atoms with E-state index in [1.165, 1.54) is 11.1 Å². The molecule has 0 aliphatic rings.